The molecule has 0 radical (unpaired) electrons. The van der Waals surface area contributed by atoms with Crippen LogP contribution in [0.15, 0.2) is 52.2 Å². The predicted molar refractivity (Wildman–Crippen MR) is 114 cm³/mol. The molecule has 5 rings (SSSR count). The lowest BCUT2D eigenvalue weighted by Crippen LogP contribution is -2.48. The van der Waals surface area contributed by atoms with Crippen LogP contribution in [0, 0.1) is 0 Å². The molecular formula is C19H18N6O3S2. The van der Waals surface area contributed by atoms with E-state index in [4.69, 9.17) is 0 Å². The van der Waals surface area contributed by atoms with Gasteiger partial charge in [-0.05, 0) is 24.3 Å². The molecule has 0 bridgehead atoms. The van der Waals surface area contributed by atoms with Gasteiger partial charge in [-0.3, -0.25) is 9.69 Å². The fourth-order valence-corrected chi connectivity index (χ4v) is 5.85. The quantitative estimate of drug-likeness (QED) is 0.509. The van der Waals surface area contributed by atoms with E-state index < -0.39 is 10.0 Å². The highest BCUT2D eigenvalue weighted by Crippen LogP contribution is 2.25. The Bertz CT molecular complexity index is 1390. The van der Waals surface area contributed by atoms with Crippen molar-refractivity contribution >= 4 is 43.7 Å². The van der Waals surface area contributed by atoms with Gasteiger partial charge in [0, 0.05) is 26.2 Å². The van der Waals surface area contributed by atoms with E-state index in [1.54, 1.807) is 30.3 Å². The Balaban J connectivity index is 1.32. The highest BCUT2D eigenvalue weighted by molar-refractivity contribution is 7.89. The zero-order chi connectivity index (χ0) is 20.7. The topological polar surface area (TPSA) is 112 Å². The van der Waals surface area contributed by atoms with Gasteiger partial charge in [0.25, 0.3) is 5.56 Å². The van der Waals surface area contributed by atoms with E-state index in [2.05, 4.69) is 23.6 Å². The second-order valence-electron chi connectivity index (χ2n) is 7.10. The molecule has 1 N–H and O–H groups in total. The molecule has 0 spiro atoms. The van der Waals surface area contributed by atoms with Gasteiger partial charge >= 0.3 is 0 Å². The van der Waals surface area contributed by atoms with Crippen LogP contribution < -0.4 is 5.56 Å². The number of fused-ring (bicyclic) bond motifs is 2. The maximum absolute atomic E-state index is 13.1. The van der Waals surface area contributed by atoms with E-state index in [1.807, 2.05) is 12.1 Å². The van der Waals surface area contributed by atoms with Gasteiger partial charge in [0.05, 0.1) is 29.2 Å². The van der Waals surface area contributed by atoms with Crippen LogP contribution >= 0.6 is 11.7 Å². The summed E-state index contributed by atoms with van der Waals surface area (Å²) in [5.41, 5.74) is 1.50. The molecule has 3 heterocycles. The third kappa shape index (κ3) is 3.39. The highest BCUT2D eigenvalue weighted by Gasteiger charge is 2.30. The number of rotatable bonds is 4. The van der Waals surface area contributed by atoms with Gasteiger partial charge in [0.15, 0.2) is 0 Å². The van der Waals surface area contributed by atoms with E-state index in [1.165, 1.54) is 4.31 Å². The number of sulfonamides is 1. The molecule has 2 aromatic heterocycles. The molecule has 4 aromatic rings. The molecule has 0 unspecified atom stereocenters. The smallest absolute Gasteiger partial charge is 0.258 e. The Labute approximate surface area is 176 Å². The lowest BCUT2D eigenvalue weighted by atomic mass is 10.2. The number of nitrogens with zero attached hydrogens (tertiary/aromatic N) is 5. The summed E-state index contributed by atoms with van der Waals surface area (Å²) in [7, 11) is -3.65. The molecule has 0 aliphatic carbocycles. The Kier molecular flexibility index (Phi) is 4.82. The maximum Gasteiger partial charge on any atom is 0.258 e. The number of hydrogen-bond donors (Lipinski definition) is 1. The van der Waals surface area contributed by atoms with Crippen LogP contribution in [0.1, 0.15) is 5.82 Å². The predicted octanol–water partition coefficient (Wildman–Crippen LogP) is 1.43. The zero-order valence-corrected chi connectivity index (χ0v) is 17.5. The average Bonchev–Trinajstić information content (AvgIpc) is 3.23. The van der Waals surface area contributed by atoms with Crippen LogP contribution in [0.2, 0.25) is 0 Å². The van der Waals surface area contributed by atoms with E-state index in [-0.39, 0.29) is 10.5 Å². The molecule has 1 fully saturated rings. The standard InChI is InChI=1S/C19H18N6O3S2/c26-19-13-4-1-2-5-14(13)20-17(21-19)12-24-8-10-25(11-9-24)30(27,28)16-7-3-6-15-18(16)23-29-22-15/h1-7H,8-12H2,(H,20,21,26). The van der Waals surface area contributed by atoms with Crippen LogP contribution in [0.5, 0.6) is 0 Å². The number of benzene rings is 2. The van der Waals surface area contributed by atoms with Crippen molar-refractivity contribution in [3.8, 4) is 0 Å². The van der Waals surface area contributed by atoms with Gasteiger partial charge in [-0.15, -0.1) is 0 Å². The highest BCUT2D eigenvalue weighted by atomic mass is 32.2. The Morgan fingerprint density at radius 3 is 2.57 bits per heavy atom. The first kappa shape index (κ1) is 19.2. The fourth-order valence-electron chi connectivity index (χ4n) is 3.68. The largest absolute Gasteiger partial charge is 0.309 e. The minimum Gasteiger partial charge on any atom is -0.309 e. The molecule has 0 saturated carbocycles. The summed E-state index contributed by atoms with van der Waals surface area (Å²) >= 11 is 1.01. The molecule has 1 saturated heterocycles. The van der Waals surface area contributed by atoms with E-state index in [0.29, 0.717) is 60.5 Å². The van der Waals surface area contributed by atoms with Crippen molar-refractivity contribution < 1.29 is 8.42 Å². The normalized spacial score (nSPS) is 16.4. The van der Waals surface area contributed by atoms with Gasteiger partial charge < -0.3 is 4.98 Å². The van der Waals surface area contributed by atoms with Crippen LogP contribution in [0.25, 0.3) is 21.9 Å². The first-order valence-electron chi connectivity index (χ1n) is 9.44. The lowest BCUT2D eigenvalue weighted by molar-refractivity contribution is 0.178. The van der Waals surface area contributed by atoms with Crippen molar-refractivity contribution in [3.63, 3.8) is 0 Å². The summed E-state index contributed by atoms with van der Waals surface area (Å²) in [4.78, 5) is 21.9. The zero-order valence-electron chi connectivity index (χ0n) is 15.9. The number of H-pyrrole nitrogens is 1. The van der Waals surface area contributed by atoms with Gasteiger partial charge in [0.2, 0.25) is 10.0 Å². The first-order chi connectivity index (χ1) is 14.5. The first-order valence-corrected chi connectivity index (χ1v) is 11.6. The summed E-state index contributed by atoms with van der Waals surface area (Å²) < 4.78 is 36.0. The van der Waals surface area contributed by atoms with Gasteiger partial charge in [-0.2, -0.15) is 13.1 Å². The molecule has 1 aliphatic heterocycles. The average molecular weight is 443 g/mol. The molecule has 1 aliphatic rings. The fraction of sp³-hybridized carbons (Fsp3) is 0.263. The van der Waals surface area contributed by atoms with Gasteiger partial charge in [-0.25, -0.2) is 13.4 Å². The number of nitrogens with one attached hydrogen (secondary N) is 1. The number of aromatic nitrogens is 4. The van der Waals surface area contributed by atoms with Crippen LogP contribution in [-0.4, -0.2) is 62.5 Å². The monoisotopic (exact) mass is 442 g/mol. The molecular weight excluding hydrogens is 424 g/mol. The molecule has 11 heteroatoms. The van der Waals surface area contributed by atoms with E-state index >= 15 is 0 Å². The molecule has 0 atom stereocenters. The second kappa shape index (κ2) is 7.51. The Morgan fingerprint density at radius 2 is 1.73 bits per heavy atom. The van der Waals surface area contributed by atoms with Crippen molar-refractivity contribution in [1.29, 1.82) is 0 Å². The molecule has 154 valence electrons. The van der Waals surface area contributed by atoms with Gasteiger partial charge in [0.1, 0.15) is 21.8 Å². The van der Waals surface area contributed by atoms with Crippen molar-refractivity contribution in [1.82, 2.24) is 27.9 Å². The third-order valence-corrected chi connectivity index (χ3v) is 7.71. The number of para-hydroxylation sites is 1. The van der Waals surface area contributed by atoms with Crippen molar-refractivity contribution in [2.45, 2.75) is 11.4 Å². The van der Waals surface area contributed by atoms with Crippen molar-refractivity contribution in [2.24, 2.45) is 0 Å². The van der Waals surface area contributed by atoms with Crippen LogP contribution in [-0.2, 0) is 16.6 Å². The number of aromatic amines is 1. The lowest BCUT2D eigenvalue weighted by Gasteiger charge is -2.33. The Hall–Kier alpha value is -2.73. The van der Waals surface area contributed by atoms with E-state index in [0.717, 1.165) is 11.7 Å². The van der Waals surface area contributed by atoms with Crippen LogP contribution in [0.3, 0.4) is 0 Å². The molecule has 30 heavy (non-hydrogen) atoms. The minimum absolute atomic E-state index is 0.165. The third-order valence-electron chi connectivity index (χ3n) is 5.23. The SMILES string of the molecule is O=c1[nH]c(CN2CCN(S(=O)(=O)c3cccc4nsnc34)CC2)nc2ccccc12. The molecule has 2 aromatic carbocycles. The number of piperazine rings is 1. The minimum atomic E-state index is -3.65. The summed E-state index contributed by atoms with van der Waals surface area (Å²) in [5.74, 6) is 0.577. The summed E-state index contributed by atoms with van der Waals surface area (Å²) in [6.45, 7) is 2.25. The molecule has 0 amide bonds. The summed E-state index contributed by atoms with van der Waals surface area (Å²) in [6, 6.07) is 12.2. The van der Waals surface area contributed by atoms with Crippen molar-refractivity contribution in [3.05, 3.63) is 58.6 Å². The van der Waals surface area contributed by atoms with Crippen molar-refractivity contribution in [2.75, 3.05) is 26.2 Å². The second-order valence-corrected chi connectivity index (χ2v) is 9.53. The number of hydrogen-bond acceptors (Lipinski definition) is 8. The summed E-state index contributed by atoms with van der Waals surface area (Å²) in [5, 5.41) is 0.558. The molecule has 9 nitrogen and oxygen atoms in total. The van der Waals surface area contributed by atoms with Gasteiger partial charge in [-0.1, -0.05) is 18.2 Å². The maximum atomic E-state index is 13.1. The van der Waals surface area contributed by atoms with Crippen LogP contribution in [0.4, 0.5) is 0 Å². The van der Waals surface area contributed by atoms with E-state index in [9.17, 15) is 13.2 Å². The Morgan fingerprint density at radius 1 is 0.967 bits per heavy atom. The summed E-state index contributed by atoms with van der Waals surface area (Å²) in [6.07, 6.45) is 0.